The van der Waals surface area contributed by atoms with E-state index in [2.05, 4.69) is 49.0 Å². The van der Waals surface area contributed by atoms with Crippen molar-refractivity contribution < 1.29 is 0 Å². The van der Waals surface area contributed by atoms with Gasteiger partial charge < -0.3 is 4.57 Å². The molecular weight excluding hydrogens is 202 g/mol. The van der Waals surface area contributed by atoms with Crippen molar-refractivity contribution in [1.82, 2.24) is 4.57 Å². The molecule has 0 aliphatic rings. The molecule has 1 unspecified atom stereocenters. The topological polar surface area (TPSA) is 4.93 Å². The molecule has 0 aliphatic carbocycles. The SMILES string of the molecule is CCCC(C)(CC)n1ccc2ccsc21. The van der Waals surface area contributed by atoms with E-state index >= 15 is 0 Å². The predicted octanol–water partition coefficient (Wildman–Crippen LogP) is 4.63. The molecular formula is C13H19NS. The van der Waals surface area contributed by atoms with Crippen LogP contribution in [0.1, 0.15) is 40.0 Å². The third-order valence-electron chi connectivity index (χ3n) is 3.43. The summed E-state index contributed by atoms with van der Waals surface area (Å²) in [5, 5.41) is 3.57. The maximum atomic E-state index is 2.47. The largest absolute Gasteiger partial charge is 0.334 e. The molecule has 2 heteroatoms. The van der Waals surface area contributed by atoms with Gasteiger partial charge >= 0.3 is 0 Å². The zero-order chi connectivity index (χ0) is 10.9. The molecule has 0 amide bonds. The van der Waals surface area contributed by atoms with Gasteiger partial charge in [0.15, 0.2) is 0 Å². The second kappa shape index (κ2) is 4.01. The first kappa shape index (κ1) is 10.7. The Morgan fingerprint density at radius 2 is 2.13 bits per heavy atom. The fraction of sp³-hybridized carbons (Fsp3) is 0.538. The molecule has 2 aromatic rings. The van der Waals surface area contributed by atoms with Gasteiger partial charge in [-0.25, -0.2) is 0 Å². The third-order valence-corrected chi connectivity index (χ3v) is 4.36. The van der Waals surface area contributed by atoms with Crippen LogP contribution in [-0.4, -0.2) is 4.57 Å². The molecule has 1 atom stereocenters. The molecule has 0 fully saturated rings. The van der Waals surface area contributed by atoms with Crippen molar-refractivity contribution in [1.29, 1.82) is 0 Å². The van der Waals surface area contributed by atoms with Gasteiger partial charge in [-0.05, 0) is 37.3 Å². The summed E-state index contributed by atoms with van der Waals surface area (Å²) in [7, 11) is 0. The van der Waals surface area contributed by atoms with Gasteiger partial charge in [-0.1, -0.05) is 20.3 Å². The molecule has 2 heterocycles. The van der Waals surface area contributed by atoms with Crippen LogP contribution in [0.5, 0.6) is 0 Å². The minimum absolute atomic E-state index is 0.293. The average Bonchev–Trinajstić information content (AvgIpc) is 2.78. The van der Waals surface area contributed by atoms with Crippen molar-refractivity contribution in [3.05, 3.63) is 23.7 Å². The fourth-order valence-corrected chi connectivity index (χ4v) is 3.30. The molecule has 2 rings (SSSR count). The van der Waals surface area contributed by atoms with E-state index in [1.165, 1.54) is 29.5 Å². The minimum atomic E-state index is 0.293. The molecule has 0 spiro atoms. The Labute approximate surface area is 95.7 Å². The average molecular weight is 221 g/mol. The van der Waals surface area contributed by atoms with Crippen LogP contribution in [0.15, 0.2) is 23.7 Å². The minimum Gasteiger partial charge on any atom is -0.334 e. The van der Waals surface area contributed by atoms with E-state index in [-0.39, 0.29) is 0 Å². The van der Waals surface area contributed by atoms with E-state index in [0.717, 1.165) is 0 Å². The zero-order valence-electron chi connectivity index (χ0n) is 9.79. The van der Waals surface area contributed by atoms with Crippen molar-refractivity contribution in [3.63, 3.8) is 0 Å². The van der Waals surface area contributed by atoms with E-state index in [1.807, 2.05) is 11.3 Å². The van der Waals surface area contributed by atoms with E-state index in [9.17, 15) is 0 Å². The third kappa shape index (κ3) is 1.71. The summed E-state index contributed by atoms with van der Waals surface area (Å²) in [6, 6.07) is 4.44. The lowest BCUT2D eigenvalue weighted by molar-refractivity contribution is 0.289. The van der Waals surface area contributed by atoms with Gasteiger partial charge in [-0.15, -0.1) is 11.3 Å². The molecule has 0 aliphatic heterocycles. The number of thiophene rings is 1. The highest BCUT2D eigenvalue weighted by atomic mass is 32.1. The first-order valence-corrected chi connectivity index (χ1v) is 6.64. The monoisotopic (exact) mass is 221 g/mol. The van der Waals surface area contributed by atoms with E-state index in [0.29, 0.717) is 5.54 Å². The molecule has 1 nitrogen and oxygen atoms in total. The van der Waals surface area contributed by atoms with Gasteiger partial charge in [0.25, 0.3) is 0 Å². The smallest absolute Gasteiger partial charge is 0.103 e. The van der Waals surface area contributed by atoms with Crippen LogP contribution in [0.2, 0.25) is 0 Å². The summed E-state index contributed by atoms with van der Waals surface area (Å²) in [6.45, 7) is 6.92. The molecule has 0 saturated carbocycles. The molecule has 0 radical (unpaired) electrons. The summed E-state index contributed by atoms with van der Waals surface area (Å²) in [5.74, 6) is 0. The van der Waals surface area contributed by atoms with Crippen LogP contribution < -0.4 is 0 Å². The van der Waals surface area contributed by atoms with Gasteiger partial charge in [-0.3, -0.25) is 0 Å². The highest BCUT2D eigenvalue weighted by Crippen LogP contribution is 2.33. The van der Waals surface area contributed by atoms with Crippen LogP contribution in [0.3, 0.4) is 0 Å². The first-order chi connectivity index (χ1) is 7.21. The van der Waals surface area contributed by atoms with E-state index in [1.54, 1.807) is 0 Å². The first-order valence-electron chi connectivity index (χ1n) is 5.76. The zero-order valence-corrected chi connectivity index (χ0v) is 10.6. The number of fused-ring (bicyclic) bond motifs is 1. The Balaban J connectivity index is 2.48. The second-order valence-corrected chi connectivity index (χ2v) is 5.36. The maximum absolute atomic E-state index is 2.47. The molecule has 0 bridgehead atoms. The van der Waals surface area contributed by atoms with E-state index < -0.39 is 0 Å². The highest BCUT2D eigenvalue weighted by Gasteiger charge is 2.24. The number of rotatable bonds is 4. The van der Waals surface area contributed by atoms with Gasteiger partial charge in [0.1, 0.15) is 4.83 Å². The van der Waals surface area contributed by atoms with Gasteiger partial charge in [0.05, 0.1) is 0 Å². The summed E-state index contributed by atoms with van der Waals surface area (Å²) in [4.78, 5) is 1.42. The Kier molecular flexibility index (Phi) is 2.87. The lowest BCUT2D eigenvalue weighted by Crippen LogP contribution is -2.27. The molecule has 0 aromatic carbocycles. The summed E-state index contributed by atoms with van der Waals surface area (Å²) >= 11 is 1.85. The Morgan fingerprint density at radius 1 is 1.33 bits per heavy atom. The van der Waals surface area contributed by atoms with Gasteiger partial charge in [0.2, 0.25) is 0 Å². The molecule has 2 aromatic heterocycles. The highest BCUT2D eigenvalue weighted by molar-refractivity contribution is 7.16. The Hall–Kier alpha value is -0.760. The summed E-state index contributed by atoms with van der Waals surface area (Å²) in [6.07, 6.45) is 5.95. The Morgan fingerprint density at radius 3 is 2.80 bits per heavy atom. The van der Waals surface area contributed by atoms with Gasteiger partial charge in [-0.2, -0.15) is 0 Å². The number of hydrogen-bond donors (Lipinski definition) is 0. The lowest BCUT2D eigenvalue weighted by atomic mass is 9.93. The maximum Gasteiger partial charge on any atom is 0.103 e. The standard InChI is InChI=1S/C13H19NS/c1-4-8-13(3,5-2)14-9-6-11-7-10-15-12(11)14/h6-7,9-10H,4-5,8H2,1-3H3. The summed E-state index contributed by atoms with van der Waals surface area (Å²) in [5.41, 5.74) is 0.293. The van der Waals surface area contributed by atoms with Crippen LogP contribution in [-0.2, 0) is 5.54 Å². The molecule has 0 N–H and O–H groups in total. The molecule has 15 heavy (non-hydrogen) atoms. The van der Waals surface area contributed by atoms with Crippen molar-refractivity contribution in [2.75, 3.05) is 0 Å². The number of nitrogens with zero attached hydrogens (tertiary/aromatic N) is 1. The van der Waals surface area contributed by atoms with Crippen LogP contribution in [0, 0.1) is 0 Å². The van der Waals surface area contributed by atoms with Gasteiger partial charge in [0, 0.05) is 17.1 Å². The van der Waals surface area contributed by atoms with Crippen molar-refractivity contribution >= 4 is 21.6 Å². The molecule has 82 valence electrons. The van der Waals surface area contributed by atoms with Crippen molar-refractivity contribution in [2.24, 2.45) is 0 Å². The number of aromatic nitrogens is 1. The fourth-order valence-electron chi connectivity index (χ4n) is 2.29. The van der Waals surface area contributed by atoms with Crippen molar-refractivity contribution in [2.45, 2.75) is 45.6 Å². The number of hydrogen-bond acceptors (Lipinski definition) is 1. The normalized spacial score (nSPS) is 15.7. The second-order valence-electron chi connectivity index (χ2n) is 4.47. The van der Waals surface area contributed by atoms with E-state index in [4.69, 9.17) is 0 Å². The van der Waals surface area contributed by atoms with Crippen LogP contribution in [0.25, 0.3) is 10.2 Å². The predicted molar refractivity (Wildman–Crippen MR) is 68.7 cm³/mol. The van der Waals surface area contributed by atoms with Crippen LogP contribution >= 0.6 is 11.3 Å². The quantitative estimate of drug-likeness (QED) is 0.709. The van der Waals surface area contributed by atoms with Crippen molar-refractivity contribution in [3.8, 4) is 0 Å². The summed E-state index contributed by atoms with van der Waals surface area (Å²) < 4.78 is 2.47. The lowest BCUT2D eigenvalue weighted by Gasteiger charge is -2.30. The van der Waals surface area contributed by atoms with Crippen LogP contribution in [0.4, 0.5) is 0 Å². The Bertz CT molecular complexity index is 440. The molecule has 0 saturated heterocycles.